The fraction of sp³-hybridized carbons (Fsp3) is 0.533. The Labute approximate surface area is 127 Å². The van der Waals surface area contributed by atoms with E-state index in [1.807, 2.05) is 0 Å². The number of hydrogen-bond donors (Lipinski definition) is 1. The van der Waals surface area contributed by atoms with Gasteiger partial charge in [-0.2, -0.15) is 8.78 Å². The van der Waals surface area contributed by atoms with Gasteiger partial charge < -0.3 is 10.2 Å². The summed E-state index contributed by atoms with van der Waals surface area (Å²) in [4.78, 5) is 14.2. The van der Waals surface area contributed by atoms with Gasteiger partial charge in [-0.3, -0.25) is 4.79 Å². The lowest BCUT2D eigenvalue weighted by molar-refractivity contribution is -0.148. The monoisotopic (exact) mass is 314 g/mol. The molecule has 0 unspecified atom stereocenters. The number of benzene rings is 1. The number of nitrogens with zero attached hydrogens (tertiary/aromatic N) is 1. The average molecular weight is 315 g/mol. The zero-order valence-electron chi connectivity index (χ0n) is 11.5. The molecule has 1 heterocycles. The van der Waals surface area contributed by atoms with E-state index in [0.29, 0.717) is 6.54 Å². The summed E-state index contributed by atoms with van der Waals surface area (Å²) in [7, 11) is 0. The van der Waals surface area contributed by atoms with E-state index in [1.165, 1.54) is 18.2 Å². The van der Waals surface area contributed by atoms with Crippen LogP contribution in [0.2, 0.25) is 5.02 Å². The highest BCUT2D eigenvalue weighted by atomic mass is 35.5. The molecule has 0 atom stereocenters. The third-order valence-electron chi connectivity index (χ3n) is 4.18. The van der Waals surface area contributed by atoms with Crippen molar-refractivity contribution in [2.75, 3.05) is 19.6 Å². The van der Waals surface area contributed by atoms with Gasteiger partial charge in [-0.1, -0.05) is 23.7 Å². The molecular weight excluding hydrogens is 298 g/mol. The molecule has 1 aromatic carbocycles. The summed E-state index contributed by atoms with van der Waals surface area (Å²) in [6.07, 6.45) is 2.67. The first-order chi connectivity index (χ1) is 9.91. The molecule has 1 saturated heterocycles. The average Bonchev–Trinajstić information content (AvgIpc) is 3.14. The number of nitrogens with one attached hydrogen (secondary N) is 1. The van der Waals surface area contributed by atoms with Gasteiger partial charge in [0.1, 0.15) is 0 Å². The van der Waals surface area contributed by atoms with Crippen molar-refractivity contribution in [1.29, 1.82) is 0 Å². The molecule has 0 aromatic heterocycles. The van der Waals surface area contributed by atoms with Crippen LogP contribution in [0.15, 0.2) is 24.3 Å². The van der Waals surface area contributed by atoms with Crippen LogP contribution in [-0.4, -0.2) is 36.0 Å². The van der Waals surface area contributed by atoms with Gasteiger partial charge in [0, 0.05) is 17.1 Å². The standard InChI is InChI=1S/C15H17ClF2N2O/c16-12-4-1-3-11(9-12)15(17,18)13(21)19-14(5-6-14)10-20-7-2-8-20/h1,3-4,9H,2,5-8,10H2,(H,19,21). The van der Waals surface area contributed by atoms with Crippen molar-refractivity contribution in [1.82, 2.24) is 10.2 Å². The molecule has 1 aliphatic heterocycles. The molecule has 6 heteroatoms. The van der Waals surface area contributed by atoms with E-state index < -0.39 is 17.4 Å². The van der Waals surface area contributed by atoms with Gasteiger partial charge in [0.15, 0.2) is 0 Å². The van der Waals surface area contributed by atoms with Gasteiger partial charge in [-0.15, -0.1) is 0 Å². The summed E-state index contributed by atoms with van der Waals surface area (Å²) >= 11 is 5.72. The van der Waals surface area contributed by atoms with Crippen LogP contribution in [0.5, 0.6) is 0 Å². The molecule has 21 heavy (non-hydrogen) atoms. The van der Waals surface area contributed by atoms with Crippen molar-refractivity contribution >= 4 is 17.5 Å². The van der Waals surface area contributed by atoms with Crippen molar-refractivity contribution in [2.24, 2.45) is 0 Å². The van der Waals surface area contributed by atoms with E-state index in [2.05, 4.69) is 10.2 Å². The third-order valence-corrected chi connectivity index (χ3v) is 4.41. The fourth-order valence-electron chi connectivity index (χ4n) is 2.58. The number of rotatable bonds is 5. The second-order valence-corrected chi connectivity index (χ2v) is 6.39. The summed E-state index contributed by atoms with van der Waals surface area (Å²) in [6.45, 7) is 2.65. The largest absolute Gasteiger partial charge is 0.349 e. The molecule has 2 fully saturated rings. The number of halogens is 3. The highest BCUT2D eigenvalue weighted by Crippen LogP contribution is 2.39. The maximum atomic E-state index is 14.2. The topological polar surface area (TPSA) is 32.3 Å². The maximum absolute atomic E-state index is 14.2. The first-order valence-corrected chi connectivity index (χ1v) is 7.48. The van der Waals surface area contributed by atoms with Gasteiger partial charge in [0.2, 0.25) is 0 Å². The van der Waals surface area contributed by atoms with Gasteiger partial charge in [0.25, 0.3) is 5.91 Å². The van der Waals surface area contributed by atoms with Crippen LogP contribution >= 0.6 is 11.6 Å². The summed E-state index contributed by atoms with van der Waals surface area (Å²) in [5.41, 5.74) is -0.827. The molecule has 1 aromatic rings. The lowest BCUT2D eigenvalue weighted by atomic mass is 10.1. The van der Waals surface area contributed by atoms with Crippen LogP contribution in [0.1, 0.15) is 24.8 Å². The van der Waals surface area contributed by atoms with Crippen molar-refractivity contribution in [3.05, 3.63) is 34.9 Å². The zero-order valence-corrected chi connectivity index (χ0v) is 12.3. The lowest BCUT2D eigenvalue weighted by Crippen LogP contribution is -2.53. The molecule has 3 rings (SSSR count). The predicted molar refractivity (Wildman–Crippen MR) is 76.5 cm³/mol. The molecule has 1 N–H and O–H groups in total. The second-order valence-electron chi connectivity index (χ2n) is 5.95. The van der Waals surface area contributed by atoms with Gasteiger partial charge >= 0.3 is 5.92 Å². The molecular formula is C15H17ClF2N2O. The fourth-order valence-corrected chi connectivity index (χ4v) is 2.77. The summed E-state index contributed by atoms with van der Waals surface area (Å²) < 4.78 is 28.5. The minimum Gasteiger partial charge on any atom is -0.344 e. The number of carbonyl (C=O) groups is 1. The number of carbonyl (C=O) groups excluding carboxylic acids is 1. The van der Waals surface area contributed by atoms with Gasteiger partial charge in [0.05, 0.1) is 5.54 Å². The van der Waals surface area contributed by atoms with Gasteiger partial charge in [-0.05, 0) is 44.5 Å². The number of amides is 1. The molecule has 0 bridgehead atoms. The van der Waals surface area contributed by atoms with E-state index in [-0.39, 0.29) is 10.6 Å². The van der Waals surface area contributed by atoms with Crippen LogP contribution in [0.25, 0.3) is 0 Å². The normalized spacial score (nSPS) is 20.7. The number of likely N-dealkylation sites (tertiary alicyclic amines) is 1. The van der Waals surface area contributed by atoms with Crippen LogP contribution in [0.3, 0.4) is 0 Å². The van der Waals surface area contributed by atoms with Crippen molar-refractivity contribution in [2.45, 2.75) is 30.7 Å². The Kier molecular flexibility index (Phi) is 3.66. The summed E-state index contributed by atoms with van der Waals surface area (Å²) in [5, 5.41) is 2.75. The quantitative estimate of drug-likeness (QED) is 0.906. The Hall–Kier alpha value is -1.20. The van der Waals surface area contributed by atoms with Crippen molar-refractivity contribution in [3.8, 4) is 0 Å². The van der Waals surface area contributed by atoms with E-state index >= 15 is 0 Å². The summed E-state index contributed by atoms with van der Waals surface area (Å²) in [6, 6.07) is 5.29. The van der Waals surface area contributed by atoms with E-state index in [1.54, 1.807) is 0 Å². The zero-order chi connectivity index (χ0) is 15.1. The molecule has 1 aliphatic carbocycles. The SMILES string of the molecule is O=C(NC1(CN2CCC2)CC1)C(F)(F)c1cccc(Cl)c1. The van der Waals surface area contributed by atoms with Crippen LogP contribution in [0.4, 0.5) is 8.78 Å². The Morgan fingerprint density at radius 3 is 2.62 bits per heavy atom. The third kappa shape index (κ3) is 3.04. The lowest BCUT2D eigenvalue weighted by Gasteiger charge is -2.35. The predicted octanol–water partition coefficient (Wildman–Crippen LogP) is 2.79. The van der Waals surface area contributed by atoms with Crippen molar-refractivity contribution in [3.63, 3.8) is 0 Å². The van der Waals surface area contributed by atoms with Gasteiger partial charge in [-0.25, -0.2) is 0 Å². The molecule has 0 radical (unpaired) electrons. The highest BCUT2D eigenvalue weighted by molar-refractivity contribution is 6.30. The van der Waals surface area contributed by atoms with E-state index in [9.17, 15) is 13.6 Å². The van der Waals surface area contributed by atoms with E-state index in [4.69, 9.17) is 11.6 Å². The molecule has 3 nitrogen and oxygen atoms in total. The van der Waals surface area contributed by atoms with Crippen LogP contribution in [0, 0.1) is 0 Å². The Morgan fingerprint density at radius 2 is 2.10 bits per heavy atom. The highest BCUT2D eigenvalue weighted by Gasteiger charge is 2.51. The molecule has 0 spiro atoms. The van der Waals surface area contributed by atoms with Crippen molar-refractivity contribution < 1.29 is 13.6 Å². The molecule has 1 amide bonds. The van der Waals surface area contributed by atoms with Crippen LogP contribution < -0.4 is 5.32 Å². The molecule has 114 valence electrons. The maximum Gasteiger partial charge on any atom is 0.349 e. The molecule has 2 aliphatic rings. The number of hydrogen-bond acceptors (Lipinski definition) is 2. The Morgan fingerprint density at radius 1 is 1.38 bits per heavy atom. The van der Waals surface area contributed by atoms with E-state index in [0.717, 1.165) is 38.4 Å². The first kappa shape index (κ1) is 14.7. The second kappa shape index (κ2) is 5.21. The van der Waals surface area contributed by atoms with Crippen LogP contribution in [-0.2, 0) is 10.7 Å². The Balaban J connectivity index is 1.69. The molecule has 1 saturated carbocycles. The Bertz CT molecular complexity index is 556. The smallest absolute Gasteiger partial charge is 0.344 e. The first-order valence-electron chi connectivity index (χ1n) is 7.10. The minimum atomic E-state index is -3.56. The minimum absolute atomic E-state index is 0.196. The number of alkyl halides is 2. The summed E-state index contributed by atoms with van der Waals surface area (Å²) in [5.74, 6) is -4.79.